The van der Waals surface area contributed by atoms with Crippen LogP contribution in [-0.2, 0) is 20.7 Å². The summed E-state index contributed by atoms with van der Waals surface area (Å²) in [5, 5.41) is 5.54. The molecule has 2 aromatic rings. The third kappa shape index (κ3) is 6.62. The second kappa shape index (κ2) is 11.4. The first-order valence-electron chi connectivity index (χ1n) is 10.6. The Morgan fingerprint density at radius 2 is 1.97 bits per heavy atom. The molecule has 1 atom stereocenters. The summed E-state index contributed by atoms with van der Waals surface area (Å²) in [6, 6.07) is 16.3. The zero-order chi connectivity index (χ0) is 22.9. The van der Waals surface area contributed by atoms with Crippen molar-refractivity contribution in [2.24, 2.45) is 0 Å². The molecule has 1 unspecified atom stereocenters. The van der Waals surface area contributed by atoms with E-state index in [-0.39, 0.29) is 30.0 Å². The van der Waals surface area contributed by atoms with Crippen LogP contribution in [0.1, 0.15) is 34.3 Å². The molecule has 0 aliphatic carbocycles. The Morgan fingerprint density at radius 3 is 2.72 bits per heavy atom. The zero-order valence-corrected chi connectivity index (χ0v) is 18.8. The molecule has 0 spiro atoms. The fourth-order valence-corrected chi connectivity index (χ4v) is 3.82. The highest BCUT2D eigenvalue weighted by molar-refractivity contribution is 7.80. The van der Waals surface area contributed by atoms with Gasteiger partial charge in [0, 0.05) is 18.7 Å². The van der Waals surface area contributed by atoms with Crippen LogP contribution in [0.15, 0.2) is 54.6 Å². The van der Waals surface area contributed by atoms with E-state index in [0.717, 1.165) is 12.0 Å². The van der Waals surface area contributed by atoms with Crippen molar-refractivity contribution in [2.45, 2.75) is 32.2 Å². The van der Waals surface area contributed by atoms with Gasteiger partial charge in [0.1, 0.15) is 6.04 Å². The van der Waals surface area contributed by atoms with Crippen molar-refractivity contribution >= 4 is 35.1 Å². The zero-order valence-electron chi connectivity index (χ0n) is 18.0. The fourth-order valence-electron chi connectivity index (χ4n) is 3.51. The third-order valence-electron chi connectivity index (χ3n) is 5.17. The van der Waals surface area contributed by atoms with Gasteiger partial charge in [0.25, 0.3) is 5.91 Å². The van der Waals surface area contributed by atoms with Gasteiger partial charge in [0.2, 0.25) is 5.91 Å². The van der Waals surface area contributed by atoms with Crippen LogP contribution < -0.4 is 10.6 Å². The third-order valence-corrected chi connectivity index (χ3v) is 5.50. The van der Waals surface area contributed by atoms with Gasteiger partial charge in [-0.1, -0.05) is 48.0 Å². The van der Waals surface area contributed by atoms with Crippen molar-refractivity contribution in [2.75, 3.05) is 19.7 Å². The second-order valence-corrected chi connectivity index (χ2v) is 8.03. The van der Waals surface area contributed by atoms with Crippen LogP contribution >= 0.6 is 12.2 Å². The molecule has 8 heteroatoms. The van der Waals surface area contributed by atoms with Gasteiger partial charge in [0.15, 0.2) is 5.11 Å². The molecule has 3 rings (SSSR count). The highest BCUT2D eigenvalue weighted by Gasteiger charge is 2.34. The topological polar surface area (TPSA) is 87.7 Å². The van der Waals surface area contributed by atoms with Gasteiger partial charge >= 0.3 is 5.97 Å². The number of carbonyl (C=O) groups is 3. The molecule has 0 saturated carbocycles. The van der Waals surface area contributed by atoms with Gasteiger partial charge in [-0.05, 0) is 49.7 Å². The molecular weight excluding hydrogens is 426 g/mol. The summed E-state index contributed by atoms with van der Waals surface area (Å²) in [5.41, 5.74) is 2.60. The van der Waals surface area contributed by atoms with E-state index in [2.05, 4.69) is 10.6 Å². The first-order valence-corrected chi connectivity index (χ1v) is 11.0. The molecule has 2 amide bonds. The van der Waals surface area contributed by atoms with Gasteiger partial charge in [0.05, 0.1) is 13.0 Å². The van der Waals surface area contributed by atoms with Crippen LogP contribution in [0.5, 0.6) is 0 Å². The number of nitrogens with one attached hydrogen (secondary N) is 2. The van der Waals surface area contributed by atoms with E-state index in [4.69, 9.17) is 17.0 Å². The van der Waals surface area contributed by atoms with Crippen molar-refractivity contribution in [3.63, 3.8) is 0 Å². The lowest BCUT2D eigenvalue weighted by Crippen LogP contribution is -2.60. The molecule has 0 radical (unpaired) electrons. The number of piperazine rings is 1. The Morgan fingerprint density at radius 1 is 1.19 bits per heavy atom. The minimum atomic E-state index is -0.823. The van der Waals surface area contributed by atoms with Crippen LogP contribution in [0, 0.1) is 6.92 Å². The van der Waals surface area contributed by atoms with Gasteiger partial charge in [-0.15, -0.1) is 0 Å². The summed E-state index contributed by atoms with van der Waals surface area (Å²) in [4.78, 5) is 38.9. The molecule has 0 aromatic heterocycles. The molecule has 2 aromatic carbocycles. The Balaban J connectivity index is 1.52. The smallest absolute Gasteiger partial charge is 0.308 e. The number of aryl methyl sites for hydroxylation is 2. The van der Waals surface area contributed by atoms with E-state index in [9.17, 15) is 14.4 Å². The van der Waals surface area contributed by atoms with Crippen molar-refractivity contribution in [1.82, 2.24) is 15.5 Å². The summed E-state index contributed by atoms with van der Waals surface area (Å²) >= 11 is 5.39. The Labute approximate surface area is 193 Å². The number of ether oxygens (including phenoxy) is 1. The number of carbonyl (C=O) groups excluding carboxylic acids is 3. The summed E-state index contributed by atoms with van der Waals surface area (Å²) in [6.45, 7) is 2.94. The molecule has 168 valence electrons. The molecule has 1 aliphatic heterocycles. The molecule has 32 heavy (non-hydrogen) atoms. The first kappa shape index (κ1) is 23.4. The minimum absolute atomic E-state index is 0.119. The predicted octanol–water partition coefficient (Wildman–Crippen LogP) is 2.38. The lowest BCUT2D eigenvalue weighted by Gasteiger charge is -2.36. The molecule has 2 N–H and O–H groups in total. The Kier molecular flexibility index (Phi) is 8.33. The van der Waals surface area contributed by atoms with E-state index in [1.165, 1.54) is 5.56 Å². The molecule has 1 saturated heterocycles. The first-order chi connectivity index (χ1) is 15.4. The molecular formula is C24H27N3O4S. The van der Waals surface area contributed by atoms with Gasteiger partial charge in [-0.3, -0.25) is 19.7 Å². The summed E-state index contributed by atoms with van der Waals surface area (Å²) < 4.78 is 5.33. The van der Waals surface area contributed by atoms with E-state index >= 15 is 0 Å². The lowest BCUT2D eigenvalue weighted by molar-refractivity contribution is -0.147. The average Bonchev–Trinajstić information content (AvgIpc) is 2.78. The highest BCUT2D eigenvalue weighted by atomic mass is 32.1. The second-order valence-electron chi connectivity index (χ2n) is 7.64. The highest BCUT2D eigenvalue weighted by Crippen LogP contribution is 2.12. The summed E-state index contributed by atoms with van der Waals surface area (Å²) in [5.74, 6) is -1.14. The maximum atomic E-state index is 12.5. The van der Waals surface area contributed by atoms with Crippen LogP contribution in [0.4, 0.5) is 0 Å². The van der Waals surface area contributed by atoms with E-state index in [1.807, 2.05) is 43.3 Å². The Bertz CT molecular complexity index is 980. The minimum Gasteiger partial charge on any atom is -0.466 e. The molecule has 0 bridgehead atoms. The predicted molar refractivity (Wildman–Crippen MR) is 125 cm³/mol. The van der Waals surface area contributed by atoms with E-state index in [1.54, 1.807) is 23.1 Å². The largest absolute Gasteiger partial charge is 0.466 e. The number of hydrogen-bond donors (Lipinski definition) is 2. The van der Waals surface area contributed by atoms with Crippen LogP contribution in [0.2, 0.25) is 0 Å². The molecule has 1 fully saturated rings. The van der Waals surface area contributed by atoms with Crippen LogP contribution in [-0.4, -0.2) is 53.5 Å². The quantitative estimate of drug-likeness (QED) is 0.380. The van der Waals surface area contributed by atoms with Crippen LogP contribution in [0.3, 0.4) is 0 Å². The standard InChI is InChI=1S/C24H27N3O4S/c1-17-7-5-11-19(15-17)22(29)26-24(32)27-13-12-25-23(30)20(27)16-21(28)31-14-6-10-18-8-3-2-4-9-18/h2-5,7-9,11,15,20H,6,10,12-14,16H2,1H3,(H,25,30)(H,26,29,32). The van der Waals surface area contributed by atoms with Crippen molar-refractivity contribution in [1.29, 1.82) is 0 Å². The van der Waals surface area contributed by atoms with Gasteiger partial charge in [-0.25, -0.2) is 0 Å². The maximum absolute atomic E-state index is 12.5. The monoisotopic (exact) mass is 453 g/mol. The number of esters is 1. The summed E-state index contributed by atoms with van der Waals surface area (Å²) in [7, 11) is 0. The van der Waals surface area contributed by atoms with Gasteiger partial charge < -0.3 is 15.0 Å². The van der Waals surface area contributed by atoms with E-state index < -0.39 is 12.0 Å². The normalized spacial score (nSPS) is 15.6. The number of amides is 2. The number of nitrogens with zero attached hydrogens (tertiary/aromatic N) is 1. The molecule has 1 aliphatic rings. The van der Waals surface area contributed by atoms with Gasteiger partial charge in [-0.2, -0.15) is 0 Å². The number of benzene rings is 2. The number of thiocarbonyl (C=S) groups is 1. The maximum Gasteiger partial charge on any atom is 0.308 e. The molecule has 7 nitrogen and oxygen atoms in total. The molecule has 1 heterocycles. The number of hydrogen-bond acceptors (Lipinski definition) is 5. The van der Waals surface area contributed by atoms with E-state index in [0.29, 0.717) is 25.1 Å². The van der Waals surface area contributed by atoms with Crippen molar-refractivity contribution < 1.29 is 19.1 Å². The fraction of sp³-hybridized carbons (Fsp3) is 0.333. The SMILES string of the molecule is Cc1cccc(C(=O)NC(=S)N2CCNC(=O)C2CC(=O)OCCCc2ccccc2)c1. The number of rotatable bonds is 7. The Hall–Kier alpha value is -3.26. The summed E-state index contributed by atoms with van der Waals surface area (Å²) in [6.07, 6.45) is 1.36. The van der Waals surface area contributed by atoms with Crippen LogP contribution in [0.25, 0.3) is 0 Å². The van der Waals surface area contributed by atoms with Crippen molar-refractivity contribution in [3.8, 4) is 0 Å². The lowest BCUT2D eigenvalue weighted by atomic mass is 10.1. The van der Waals surface area contributed by atoms with Crippen molar-refractivity contribution in [3.05, 3.63) is 71.3 Å². The average molecular weight is 454 g/mol.